The quantitative estimate of drug-likeness (QED) is 0.538. The molecule has 2 heterocycles. The second kappa shape index (κ2) is 9.60. The molecule has 1 atom stereocenters. The Morgan fingerprint density at radius 2 is 1.74 bits per heavy atom. The van der Waals surface area contributed by atoms with Gasteiger partial charge in [0.25, 0.3) is 0 Å². The van der Waals surface area contributed by atoms with Crippen LogP contribution in [0.2, 0.25) is 0 Å². The highest BCUT2D eigenvalue weighted by atomic mass is 16.2. The van der Waals surface area contributed by atoms with Gasteiger partial charge in [0.1, 0.15) is 6.04 Å². The van der Waals surface area contributed by atoms with E-state index in [-0.39, 0.29) is 23.9 Å². The second-order valence-electron chi connectivity index (χ2n) is 9.73. The maximum atomic E-state index is 13.1. The highest BCUT2D eigenvalue weighted by molar-refractivity contribution is 6.02. The fourth-order valence-corrected chi connectivity index (χ4v) is 5.75. The number of amides is 2. The first-order valence-corrected chi connectivity index (χ1v) is 12.2. The van der Waals surface area contributed by atoms with Gasteiger partial charge in [-0.25, -0.2) is 0 Å². The van der Waals surface area contributed by atoms with E-state index in [1.165, 1.54) is 12.1 Å². The van der Waals surface area contributed by atoms with Crippen LogP contribution in [0.3, 0.4) is 0 Å². The molecular weight excluding hydrogens is 388 g/mol. The number of rotatable bonds is 7. The first-order chi connectivity index (χ1) is 15.0. The van der Waals surface area contributed by atoms with Crippen molar-refractivity contribution in [1.29, 1.82) is 0 Å². The van der Waals surface area contributed by atoms with Gasteiger partial charge in [-0.2, -0.15) is 0 Å². The highest BCUT2D eigenvalue weighted by Gasteiger charge is 2.63. The Kier molecular flexibility index (Phi) is 6.85. The number of nitrogens with one attached hydrogen (secondary N) is 1. The standard InChI is InChI=1S/C25H38N4O2/c1-20(2)29-22(25(24(29)31)12-7-4-8-13-25)23(30)26-14-9-15-27-16-18-28(19-17-27)21-10-5-3-6-11-21/h3,5-6,10-11,20,22H,4,7-9,12-19H2,1-2H3,(H,26,30). The monoisotopic (exact) mass is 426 g/mol. The third-order valence-electron chi connectivity index (χ3n) is 7.46. The Labute approximate surface area is 187 Å². The zero-order valence-corrected chi connectivity index (χ0v) is 19.2. The van der Waals surface area contributed by atoms with Crippen molar-refractivity contribution in [2.45, 2.75) is 64.5 Å². The van der Waals surface area contributed by atoms with Crippen molar-refractivity contribution in [2.75, 3.05) is 44.2 Å². The van der Waals surface area contributed by atoms with Gasteiger partial charge < -0.3 is 15.1 Å². The predicted molar refractivity (Wildman–Crippen MR) is 124 cm³/mol. The fraction of sp³-hybridized carbons (Fsp3) is 0.680. The van der Waals surface area contributed by atoms with Crippen LogP contribution < -0.4 is 10.2 Å². The van der Waals surface area contributed by atoms with E-state index >= 15 is 0 Å². The van der Waals surface area contributed by atoms with E-state index in [0.29, 0.717) is 6.54 Å². The summed E-state index contributed by atoms with van der Waals surface area (Å²) in [4.78, 5) is 32.7. The summed E-state index contributed by atoms with van der Waals surface area (Å²) in [5.74, 6) is 0.266. The molecule has 31 heavy (non-hydrogen) atoms. The van der Waals surface area contributed by atoms with Crippen LogP contribution in [-0.2, 0) is 9.59 Å². The van der Waals surface area contributed by atoms with Crippen LogP contribution in [-0.4, -0.2) is 73.0 Å². The van der Waals surface area contributed by atoms with Crippen LogP contribution in [0.5, 0.6) is 0 Å². The summed E-state index contributed by atoms with van der Waals surface area (Å²) in [6.45, 7) is 9.94. The molecule has 6 heteroatoms. The number of hydrogen-bond acceptors (Lipinski definition) is 4. The summed E-state index contributed by atoms with van der Waals surface area (Å²) in [6.07, 6.45) is 6.01. The maximum absolute atomic E-state index is 13.1. The zero-order chi connectivity index (χ0) is 21.8. The van der Waals surface area contributed by atoms with E-state index in [9.17, 15) is 9.59 Å². The molecule has 1 unspecified atom stereocenters. The van der Waals surface area contributed by atoms with E-state index in [2.05, 4.69) is 45.4 Å². The Hall–Kier alpha value is -2.08. The van der Waals surface area contributed by atoms with Crippen molar-refractivity contribution >= 4 is 17.5 Å². The number of likely N-dealkylation sites (tertiary alicyclic amines) is 1. The summed E-state index contributed by atoms with van der Waals surface area (Å²) in [5.41, 5.74) is 0.885. The van der Waals surface area contributed by atoms with Gasteiger partial charge in [0.05, 0.1) is 5.41 Å². The molecule has 2 amide bonds. The maximum Gasteiger partial charge on any atom is 0.243 e. The number of β-lactam (4-membered cyclic amide) rings is 1. The Balaban J connectivity index is 1.21. The molecule has 0 radical (unpaired) electrons. The second-order valence-corrected chi connectivity index (χ2v) is 9.73. The molecule has 3 aliphatic rings. The third kappa shape index (κ3) is 4.45. The Morgan fingerprint density at radius 1 is 1.06 bits per heavy atom. The largest absolute Gasteiger partial charge is 0.369 e. The van der Waals surface area contributed by atoms with E-state index in [0.717, 1.165) is 64.8 Å². The van der Waals surface area contributed by atoms with Gasteiger partial charge >= 0.3 is 0 Å². The SMILES string of the molecule is CC(C)N1C(=O)C2(CCCCC2)C1C(=O)NCCCN1CCN(c2ccccc2)CC1. The molecule has 6 nitrogen and oxygen atoms in total. The van der Waals surface area contributed by atoms with E-state index in [1.807, 2.05) is 18.7 Å². The van der Waals surface area contributed by atoms with Crippen molar-refractivity contribution in [3.05, 3.63) is 30.3 Å². The van der Waals surface area contributed by atoms with Crippen LogP contribution in [0.25, 0.3) is 0 Å². The van der Waals surface area contributed by atoms with Gasteiger partial charge in [-0.1, -0.05) is 37.5 Å². The van der Waals surface area contributed by atoms with Gasteiger partial charge in [0, 0.05) is 44.5 Å². The van der Waals surface area contributed by atoms with Crippen LogP contribution in [0.15, 0.2) is 30.3 Å². The first-order valence-electron chi connectivity index (χ1n) is 12.2. The molecule has 1 N–H and O–H groups in total. The molecule has 170 valence electrons. The molecule has 1 aliphatic carbocycles. The number of piperazine rings is 1. The number of para-hydroxylation sites is 1. The van der Waals surface area contributed by atoms with Crippen molar-refractivity contribution in [2.24, 2.45) is 5.41 Å². The van der Waals surface area contributed by atoms with Crippen molar-refractivity contribution in [3.8, 4) is 0 Å². The molecular formula is C25H38N4O2. The molecule has 3 fully saturated rings. The van der Waals surface area contributed by atoms with E-state index < -0.39 is 5.41 Å². The summed E-state index contributed by atoms with van der Waals surface area (Å²) in [7, 11) is 0. The van der Waals surface area contributed by atoms with Gasteiger partial charge in [0.15, 0.2) is 0 Å². The predicted octanol–water partition coefficient (Wildman–Crippen LogP) is 2.88. The first kappa shape index (κ1) is 22.1. The number of nitrogens with zero attached hydrogens (tertiary/aromatic N) is 3. The van der Waals surface area contributed by atoms with E-state index in [1.54, 1.807) is 0 Å². The van der Waals surface area contributed by atoms with Gasteiger partial charge in [-0.3, -0.25) is 14.5 Å². The lowest BCUT2D eigenvalue weighted by Gasteiger charge is -2.58. The molecule has 0 bridgehead atoms. The highest BCUT2D eigenvalue weighted by Crippen LogP contribution is 2.50. The Morgan fingerprint density at radius 3 is 2.39 bits per heavy atom. The Bertz CT molecular complexity index is 752. The molecule has 2 aliphatic heterocycles. The topological polar surface area (TPSA) is 55.9 Å². The lowest BCUT2D eigenvalue weighted by atomic mass is 9.61. The minimum Gasteiger partial charge on any atom is -0.369 e. The summed E-state index contributed by atoms with van der Waals surface area (Å²) < 4.78 is 0. The molecule has 0 aromatic heterocycles. The van der Waals surface area contributed by atoms with Crippen molar-refractivity contribution in [3.63, 3.8) is 0 Å². The number of carbonyl (C=O) groups is 2. The van der Waals surface area contributed by atoms with Gasteiger partial charge in [0.2, 0.25) is 11.8 Å². The van der Waals surface area contributed by atoms with Crippen molar-refractivity contribution in [1.82, 2.24) is 15.1 Å². The summed E-state index contributed by atoms with van der Waals surface area (Å²) >= 11 is 0. The normalized spacial score (nSPS) is 23.8. The van der Waals surface area contributed by atoms with Crippen molar-refractivity contribution < 1.29 is 9.59 Å². The molecule has 1 saturated carbocycles. The number of carbonyl (C=O) groups excluding carboxylic acids is 2. The molecule has 4 rings (SSSR count). The zero-order valence-electron chi connectivity index (χ0n) is 19.2. The summed E-state index contributed by atoms with van der Waals surface area (Å²) in [5, 5.41) is 3.17. The number of hydrogen-bond donors (Lipinski definition) is 1. The molecule has 2 saturated heterocycles. The fourth-order valence-electron chi connectivity index (χ4n) is 5.75. The van der Waals surface area contributed by atoms with E-state index in [4.69, 9.17) is 0 Å². The molecule has 1 spiro atoms. The minimum absolute atomic E-state index is 0.0593. The van der Waals surface area contributed by atoms with Crippen LogP contribution in [0.4, 0.5) is 5.69 Å². The smallest absolute Gasteiger partial charge is 0.243 e. The minimum atomic E-state index is -0.416. The third-order valence-corrected chi connectivity index (χ3v) is 7.46. The van der Waals surface area contributed by atoms with Crippen LogP contribution in [0, 0.1) is 5.41 Å². The average Bonchev–Trinajstić information content (AvgIpc) is 2.81. The van der Waals surface area contributed by atoms with Gasteiger partial charge in [-0.15, -0.1) is 0 Å². The molecule has 1 aromatic rings. The molecule has 1 aromatic carbocycles. The van der Waals surface area contributed by atoms with Crippen LogP contribution >= 0.6 is 0 Å². The lowest BCUT2D eigenvalue weighted by molar-refractivity contribution is -0.185. The van der Waals surface area contributed by atoms with Gasteiger partial charge in [-0.05, 0) is 51.8 Å². The average molecular weight is 427 g/mol. The number of anilines is 1. The summed E-state index contributed by atoms with van der Waals surface area (Å²) in [6, 6.07) is 10.4. The number of benzene rings is 1. The van der Waals surface area contributed by atoms with Crippen LogP contribution in [0.1, 0.15) is 52.4 Å². The lowest BCUT2D eigenvalue weighted by Crippen LogP contribution is -2.75.